The first kappa shape index (κ1) is 31.2. The van der Waals surface area contributed by atoms with Crippen molar-refractivity contribution in [1.29, 1.82) is 0 Å². The Kier molecular flexibility index (Phi) is 10.0. The lowest BCUT2D eigenvalue weighted by Gasteiger charge is -2.40. The van der Waals surface area contributed by atoms with Gasteiger partial charge >= 0.3 is 0 Å². The fraction of sp³-hybridized carbons (Fsp3) is 0.444. The highest BCUT2D eigenvalue weighted by Crippen LogP contribution is 2.39. The fourth-order valence-electron chi connectivity index (χ4n) is 4.98. The molecule has 0 spiro atoms. The van der Waals surface area contributed by atoms with Gasteiger partial charge in [0.05, 0.1) is 30.0 Å². The first-order valence-corrected chi connectivity index (χ1v) is 15.0. The second-order valence-electron chi connectivity index (χ2n) is 9.67. The highest BCUT2D eigenvalue weighted by molar-refractivity contribution is 7.90. The molecule has 1 saturated heterocycles. The molecule has 4 rings (SSSR count). The molecule has 14 nitrogen and oxygen atoms in total. The summed E-state index contributed by atoms with van der Waals surface area (Å²) in [5.41, 5.74) is 8.80. The molecule has 0 bridgehead atoms. The summed E-state index contributed by atoms with van der Waals surface area (Å²) < 4.78 is 37.6. The Labute approximate surface area is 244 Å². The SMILES string of the molecule is CCc1c(C(COC)(ONC(=O)c2cccnc2)S(=O)(=O)N2CCN(CC)CC2)c(C(N)=O)nn1Cc1ccccn1. The molecule has 0 radical (unpaired) electrons. The normalized spacial score (nSPS) is 16.2. The zero-order chi connectivity index (χ0) is 30.3. The number of ether oxygens (including phenoxy) is 1. The highest BCUT2D eigenvalue weighted by Gasteiger charge is 2.56. The van der Waals surface area contributed by atoms with Gasteiger partial charge < -0.3 is 15.4 Å². The number of carbonyl (C=O) groups excluding carboxylic acids is 2. The molecule has 1 fully saturated rings. The van der Waals surface area contributed by atoms with Gasteiger partial charge in [0, 0.05) is 57.6 Å². The second kappa shape index (κ2) is 13.5. The van der Waals surface area contributed by atoms with Crippen LogP contribution in [-0.2, 0) is 37.5 Å². The molecule has 42 heavy (non-hydrogen) atoms. The zero-order valence-corrected chi connectivity index (χ0v) is 24.7. The number of likely N-dealkylation sites (N-methyl/N-ethyl adjacent to an activating group) is 1. The number of carbonyl (C=O) groups is 2. The average molecular weight is 601 g/mol. The fourth-order valence-corrected chi connectivity index (χ4v) is 6.93. The van der Waals surface area contributed by atoms with Crippen LogP contribution in [0.5, 0.6) is 0 Å². The molecule has 3 N–H and O–H groups in total. The van der Waals surface area contributed by atoms with Gasteiger partial charge in [-0.2, -0.15) is 9.40 Å². The van der Waals surface area contributed by atoms with Gasteiger partial charge in [0.25, 0.3) is 26.8 Å². The van der Waals surface area contributed by atoms with Crippen molar-refractivity contribution in [3.8, 4) is 0 Å². The maximum absolute atomic E-state index is 14.7. The summed E-state index contributed by atoms with van der Waals surface area (Å²) in [6.07, 6.45) is 4.67. The number of piperazine rings is 1. The van der Waals surface area contributed by atoms with Gasteiger partial charge in [0.15, 0.2) is 5.69 Å². The summed E-state index contributed by atoms with van der Waals surface area (Å²) in [4.78, 5) is 39.9. The van der Waals surface area contributed by atoms with E-state index in [-0.39, 0.29) is 42.9 Å². The number of nitrogens with zero attached hydrogens (tertiary/aromatic N) is 6. The number of sulfonamides is 1. The Bertz CT molecular complexity index is 1480. The van der Waals surface area contributed by atoms with E-state index in [0.29, 0.717) is 24.5 Å². The summed E-state index contributed by atoms with van der Waals surface area (Å²) in [5, 5.41) is 4.45. The van der Waals surface area contributed by atoms with Gasteiger partial charge in [0.1, 0.15) is 0 Å². The van der Waals surface area contributed by atoms with Crippen LogP contribution in [0, 0.1) is 0 Å². The lowest BCUT2D eigenvalue weighted by atomic mass is 10.0. The third-order valence-corrected chi connectivity index (χ3v) is 9.43. The standard InChI is InChI=1S/C27H36N8O6S/c1-4-22-23(24(25(28)36)31-35(22)18-21-10-6-7-12-30-21)27(19-40-3,41-32-26(37)20-9-8-11-29-17-20)42(38,39)34-15-13-33(5-2)14-16-34/h6-12,17H,4-5,13-16,18-19H2,1-3H3,(H2,28,36)(H,32,37). The second-order valence-corrected chi connectivity index (χ2v) is 11.8. The summed E-state index contributed by atoms with van der Waals surface area (Å²) in [6.45, 7) is 5.41. The van der Waals surface area contributed by atoms with E-state index >= 15 is 0 Å². The Balaban J connectivity index is 1.90. The van der Waals surface area contributed by atoms with E-state index in [4.69, 9.17) is 15.3 Å². The number of methoxy groups -OCH3 is 1. The minimum absolute atomic E-state index is 0.0975. The summed E-state index contributed by atoms with van der Waals surface area (Å²) in [7, 11) is -3.20. The number of hydroxylamine groups is 1. The topological polar surface area (TPSA) is 175 Å². The molecule has 3 aromatic rings. The van der Waals surface area contributed by atoms with E-state index in [1.165, 1.54) is 34.6 Å². The van der Waals surface area contributed by atoms with Crippen LogP contribution in [0.3, 0.4) is 0 Å². The molecule has 1 unspecified atom stereocenters. The van der Waals surface area contributed by atoms with Crippen molar-refractivity contribution < 1.29 is 27.6 Å². The molecular formula is C27H36N8O6S. The number of rotatable bonds is 13. The Morgan fingerprint density at radius 2 is 1.86 bits per heavy atom. The number of hydrogen-bond donors (Lipinski definition) is 2. The van der Waals surface area contributed by atoms with Crippen molar-refractivity contribution in [3.63, 3.8) is 0 Å². The van der Waals surface area contributed by atoms with Crippen molar-refractivity contribution in [2.75, 3.05) is 46.4 Å². The summed E-state index contributed by atoms with van der Waals surface area (Å²) in [5.74, 6) is -1.71. The van der Waals surface area contributed by atoms with E-state index in [9.17, 15) is 18.0 Å². The number of amides is 2. The highest BCUT2D eigenvalue weighted by atomic mass is 32.2. The quantitative estimate of drug-likeness (QED) is 0.263. The van der Waals surface area contributed by atoms with Gasteiger partial charge in [-0.15, -0.1) is 0 Å². The number of nitrogens with one attached hydrogen (secondary N) is 1. The monoisotopic (exact) mass is 600 g/mol. The Morgan fingerprint density at radius 3 is 2.43 bits per heavy atom. The molecule has 1 atom stereocenters. The maximum atomic E-state index is 14.7. The minimum atomic E-state index is -4.51. The predicted octanol–water partition coefficient (Wildman–Crippen LogP) is 0.511. The van der Waals surface area contributed by atoms with Gasteiger partial charge in [-0.05, 0) is 37.2 Å². The molecule has 0 aliphatic carbocycles. The van der Waals surface area contributed by atoms with E-state index in [0.717, 1.165) is 6.54 Å². The third kappa shape index (κ3) is 6.19. The number of pyridine rings is 2. The predicted molar refractivity (Wildman–Crippen MR) is 152 cm³/mol. The molecule has 2 amide bonds. The van der Waals surface area contributed by atoms with Gasteiger partial charge in [-0.3, -0.25) is 24.2 Å². The van der Waals surface area contributed by atoms with Crippen LogP contribution >= 0.6 is 0 Å². The van der Waals surface area contributed by atoms with E-state index in [1.54, 1.807) is 37.4 Å². The number of aromatic nitrogens is 4. The maximum Gasteiger partial charge on any atom is 0.276 e. The van der Waals surface area contributed by atoms with E-state index in [1.807, 2.05) is 6.92 Å². The number of hydrogen-bond acceptors (Lipinski definition) is 10. The molecular weight excluding hydrogens is 564 g/mol. The largest absolute Gasteiger partial charge is 0.380 e. The van der Waals surface area contributed by atoms with E-state index in [2.05, 4.69) is 25.4 Å². The molecule has 0 saturated carbocycles. The molecule has 3 aromatic heterocycles. The molecule has 1 aliphatic rings. The van der Waals surface area contributed by atoms with Crippen LogP contribution in [0.4, 0.5) is 0 Å². The molecule has 1 aliphatic heterocycles. The van der Waals surface area contributed by atoms with Crippen molar-refractivity contribution >= 4 is 21.8 Å². The van der Waals surface area contributed by atoms with Gasteiger partial charge in [-0.25, -0.2) is 18.7 Å². The first-order valence-electron chi connectivity index (χ1n) is 13.6. The van der Waals surface area contributed by atoms with Crippen molar-refractivity contribution in [2.24, 2.45) is 5.73 Å². The van der Waals surface area contributed by atoms with Gasteiger partial charge in [-0.1, -0.05) is 19.9 Å². The minimum Gasteiger partial charge on any atom is -0.380 e. The molecule has 0 aromatic carbocycles. The zero-order valence-electron chi connectivity index (χ0n) is 23.9. The van der Waals surface area contributed by atoms with Crippen LogP contribution < -0.4 is 11.2 Å². The van der Waals surface area contributed by atoms with Crippen LogP contribution in [0.25, 0.3) is 0 Å². The molecule has 15 heteroatoms. The average Bonchev–Trinajstić information content (AvgIpc) is 3.38. The van der Waals surface area contributed by atoms with Crippen LogP contribution in [0.15, 0.2) is 48.9 Å². The summed E-state index contributed by atoms with van der Waals surface area (Å²) >= 11 is 0. The van der Waals surface area contributed by atoms with Crippen LogP contribution in [-0.4, -0.2) is 95.6 Å². The summed E-state index contributed by atoms with van der Waals surface area (Å²) in [6, 6.07) is 8.41. The Morgan fingerprint density at radius 1 is 1.10 bits per heavy atom. The Hall–Kier alpha value is -3.76. The van der Waals surface area contributed by atoms with Crippen molar-refractivity contribution in [1.82, 2.24) is 34.4 Å². The molecule has 226 valence electrons. The third-order valence-electron chi connectivity index (χ3n) is 7.15. The van der Waals surface area contributed by atoms with Crippen molar-refractivity contribution in [3.05, 3.63) is 77.1 Å². The van der Waals surface area contributed by atoms with Crippen LogP contribution in [0.1, 0.15) is 51.6 Å². The van der Waals surface area contributed by atoms with Crippen molar-refractivity contribution in [2.45, 2.75) is 31.7 Å². The number of primary amides is 1. The smallest absolute Gasteiger partial charge is 0.276 e. The lowest BCUT2D eigenvalue weighted by molar-refractivity contribution is -0.0829. The first-order chi connectivity index (χ1) is 20.2. The number of nitrogens with two attached hydrogens (primary N) is 1. The molecule has 4 heterocycles. The van der Waals surface area contributed by atoms with Gasteiger partial charge in [0.2, 0.25) is 0 Å². The van der Waals surface area contributed by atoms with Crippen LogP contribution in [0.2, 0.25) is 0 Å². The van der Waals surface area contributed by atoms with E-state index < -0.39 is 33.4 Å². The lowest BCUT2D eigenvalue weighted by Crippen LogP contribution is -2.58.